The van der Waals surface area contributed by atoms with Crippen molar-refractivity contribution in [2.45, 2.75) is 39.7 Å². The summed E-state index contributed by atoms with van der Waals surface area (Å²) in [5.74, 6) is 0.721. The molecule has 0 aliphatic rings. The van der Waals surface area contributed by atoms with Gasteiger partial charge in [-0.1, -0.05) is 13.3 Å². The van der Waals surface area contributed by atoms with Crippen molar-refractivity contribution < 1.29 is 0 Å². The average Bonchev–Trinajstić information content (AvgIpc) is 2.22. The third-order valence-corrected chi connectivity index (χ3v) is 2.96. The van der Waals surface area contributed by atoms with Gasteiger partial charge in [-0.15, -0.1) is 0 Å². The Morgan fingerprint density at radius 2 is 2.06 bits per heavy atom. The first-order valence-corrected chi connectivity index (χ1v) is 5.87. The van der Waals surface area contributed by atoms with Gasteiger partial charge >= 0.3 is 0 Å². The van der Waals surface area contributed by atoms with Crippen LogP contribution >= 0.6 is 11.6 Å². The maximum absolute atomic E-state index is 5.96. The zero-order chi connectivity index (χ0) is 12.3. The highest BCUT2D eigenvalue weighted by Crippen LogP contribution is 2.25. The number of hydrogen-bond donors (Lipinski definition) is 1. The van der Waals surface area contributed by atoms with Crippen LogP contribution in [0.1, 0.15) is 32.4 Å². The molecule has 5 heteroatoms. The number of nitrogens with two attached hydrogens (primary N) is 1. The molecule has 16 heavy (non-hydrogen) atoms. The fourth-order valence-electron chi connectivity index (χ4n) is 1.62. The van der Waals surface area contributed by atoms with Crippen molar-refractivity contribution >= 4 is 23.1 Å². The van der Waals surface area contributed by atoms with Crippen LogP contribution in [0.15, 0.2) is 0 Å². The molecule has 0 amide bonds. The maximum atomic E-state index is 5.96. The second-order valence-electron chi connectivity index (χ2n) is 4.06. The fourth-order valence-corrected chi connectivity index (χ4v) is 1.83. The molecule has 0 saturated heterocycles. The Balaban J connectivity index is 3.03. The molecule has 0 aromatic carbocycles. The van der Waals surface area contributed by atoms with E-state index in [0.29, 0.717) is 11.7 Å². The molecule has 1 aromatic heterocycles. The van der Waals surface area contributed by atoms with Crippen LogP contribution in [0.25, 0.3) is 0 Å². The van der Waals surface area contributed by atoms with E-state index in [1.165, 1.54) is 0 Å². The monoisotopic (exact) mass is 242 g/mol. The van der Waals surface area contributed by atoms with Crippen LogP contribution < -0.4 is 10.6 Å². The maximum Gasteiger partial charge on any atom is 0.224 e. The topological polar surface area (TPSA) is 55.0 Å². The minimum atomic E-state index is 0.247. The summed E-state index contributed by atoms with van der Waals surface area (Å²) < 4.78 is 0. The van der Waals surface area contributed by atoms with Gasteiger partial charge in [-0.25, -0.2) is 4.98 Å². The number of rotatable bonds is 4. The summed E-state index contributed by atoms with van der Waals surface area (Å²) in [6, 6.07) is 0.387. The number of nitrogen functional groups attached to an aromatic ring is 1. The number of aryl methyl sites for hydroxylation is 1. The SMILES string of the molecule is CCCC(C)N(C)c1nc(Cl)nc(C)c1N. The number of anilines is 2. The van der Waals surface area contributed by atoms with Crippen molar-refractivity contribution in [2.75, 3.05) is 17.7 Å². The van der Waals surface area contributed by atoms with Gasteiger partial charge in [-0.3, -0.25) is 0 Å². The van der Waals surface area contributed by atoms with Gasteiger partial charge in [0.25, 0.3) is 0 Å². The molecule has 1 aromatic rings. The summed E-state index contributed by atoms with van der Waals surface area (Å²) in [7, 11) is 1.98. The van der Waals surface area contributed by atoms with Crippen LogP contribution in [0.5, 0.6) is 0 Å². The minimum absolute atomic E-state index is 0.247. The van der Waals surface area contributed by atoms with Crippen LogP contribution in [0, 0.1) is 6.92 Å². The van der Waals surface area contributed by atoms with Crippen LogP contribution in [0.2, 0.25) is 5.28 Å². The van der Waals surface area contributed by atoms with Gasteiger partial charge in [0, 0.05) is 13.1 Å². The van der Waals surface area contributed by atoms with E-state index in [1.54, 1.807) is 0 Å². The number of aromatic nitrogens is 2. The highest BCUT2D eigenvalue weighted by molar-refractivity contribution is 6.28. The van der Waals surface area contributed by atoms with E-state index in [4.69, 9.17) is 17.3 Å². The summed E-state index contributed by atoms with van der Waals surface area (Å²) in [4.78, 5) is 10.3. The van der Waals surface area contributed by atoms with Crippen molar-refractivity contribution in [1.82, 2.24) is 9.97 Å². The van der Waals surface area contributed by atoms with Gasteiger partial charge in [0.15, 0.2) is 5.82 Å². The van der Waals surface area contributed by atoms with E-state index in [9.17, 15) is 0 Å². The molecule has 0 aliphatic heterocycles. The predicted octanol–water partition coefficient (Wildman–Crippen LogP) is 2.65. The molecule has 90 valence electrons. The van der Waals surface area contributed by atoms with Crippen molar-refractivity contribution in [3.05, 3.63) is 11.0 Å². The van der Waals surface area contributed by atoms with Crippen molar-refractivity contribution in [2.24, 2.45) is 0 Å². The van der Waals surface area contributed by atoms with Crippen LogP contribution in [-0.2, 0) is 0 Å². The molecule has 2 N–H and O–H groups in total. The van der Waals surface area contributed by atoms with Crippen LogP contribution in [0.3, 0.4) is 0 Å². The molecule has 1 rings (SSSR count). The highest BCUT2D eigenvalue weighted by Gasteiger charge is 2.16. The number of hydrogen-bond acceptors (Lipinski definition) is 4. The number of nitrogens with zero attached hydrogens (tertiary/aromatic N) is 3. The lowest BCUT2D eigenvalue weighted by molar-refractivity contribution is 0.611. The Kier molecular flexibility index (Phi) is 4.35. The first-order chi connectivity index (χ1) is 7.47. The molecular weight excluding hydrogens is 224 g/mol. The van der Waals surface area contributed by atoms with Gasteiger partial charge in [0.1, 0.15) is 0 Å². The third-order valence-electron chi connectivity index (χ3n) is 2.79. The summed E-state index contributed by atoms with van der Waals surface area (Å²) in [6.07, 6.45) is 2.22. The predicted molar refractivity (Wildman–Crippen MR) is 69.0 cm³/mol. The molecule has 4 nitrogen and oxygen atoms in total. The second-order valence-corrected chi connectivity index (χ2v) is 4.40. The zero-order valence-electron chi connectivity index (χ0n) is 10.3. The fraction of sp³-hybridized carbons (Fsp3) is 0.636. The molecular formula is C11H19ClN4. The van der Waals surface area contributed by atoms with Gasteiger partial charge < -0.3 is 10.6 Å². The van der Waals surface area contributed by atoms with Gasteiger partial charge in [-0.05, 0) is 31.9 Å². The quantitative estimate of drug-likeness (QED) is 0.825. The molecule has 1 atom stereocenters. The lowest BCUT2D eigenvalue weighted by atomic mass is 10.1. The van der Waals surface area contributed by atoms with Crippen molar-refractivity contribution in [1.29, 1.82) is 0 Å². The lowest BCUT2D eigenvalue weighted by Gasteiger charge is -2.27. The normalized spacial score (nSPS) is 12.6. The molecule has 1 unspecified atom stereocenters. The molecule has 0 fully saturated rings. The first kappa shape index (κ1) is 13.0. The standard InChI is InChI=1S/C11H19ClN4/c1-5-6-7(2)16(4)10-9(13)8(3)14-11(12)15-10/h7H,5-6,13H2,1-4H3. The second kappa shape index (κ2) is 5.34. The van der Waals surface area contributed by atoms with Crippen molar-refractivity contribution in [3.63, 3.8) is 0 Å². The lowest BCUT2D eigenvalue weighted by Crippen LogP contribution is -2.30. The highest BCUT2D eigenvalue weighted by atomic mass is 35.5. The Bertz CT molecular complexity index is 367. The Labute approximate surface area is 102 Å². The van der Waals surface area contributed by atoms with Gasteiger partial charge in [0.05, 0.1) is 11.4 Å². The zero-order valence-corrected chi connectivity index (χ0v) is 11.0. The molecule has 0 saturated carbocycles. The minimum Gasteiger partial charge on any atom is -0.394 e. The Hall–Kier alpha value is -1.03. The van der Waals surface area contributed by atoms with Gasteiger partial charge in [-0.2, -0.15) is 4.98 Å². The Morgan fingerprint density at radius 3 is 2.62 bits per heavy atom. The molecule has 0 aliphatic carbocycles. The van der Waals surface area contributed by atoms with E-state index in [1.807, 2.05) is 14.0 Å². The summed E-state index contributed by atoms with van der Waals surface area (Å²) in [6.45, 7) is 6.14. The molecule has 0 radical (unpaired) electrons. The van der Waals surface area contributed by atoms with Crippen LogP contribution in [-0.4, -0.2) is 23.1 Å². The van der Waals surface area contributed by atoms with E-state index in [-0.39, 0.29) is 5.28 Å². The van der Waals surface area contributed by atoms with E-state index in [0.717, 1.165) is 24.4 Å². The summed E-state index contributed by atoms with van der Waals surface area (Å²) >= 11 is 5.84. The summed E-state index contributed by atoms with van der Waals surface area (Å²) in [5, 5.41) is 0.247. The smallest absolute Gasteiger partial charge is 0.224 e. The molecule has 0 bridgehead atoms. The first-order valence-electron chi connectivity index (χ1n) is 5.49. The van der Waals surface area contributed by atoms with Crippen LogP contribution in [0.4, 0.5) is 11.5 Å². The van der Waals surface area contributed by atoms with E-state index < -0.39 is 0 Å². The summed E-state index contributed by atoms with van der Waals surface area (Å²) in [5.41, 5.74) is 7.29. The number of halogens is 1. The molecule has 1 heterocycles. The van der Waals surface area contributed by atoms with E-state index >= 15 is 0 Å². The molecule has 0 spiro atoms. The third kappa shape index (κ3) is 2.76. The largest absolute Gasteiger partial charge is 0.394 e. The average molecular weight is 243 g/mol. The van der Waals surface area contributed by atoms with Gasteiger partial charge in [0.2, 0.25) is 5.28 Å². The van der Waals surface area contributed by atoms with E-state index in [2.05, 4.69) is 28.7 Å². The van der Waals surface area contributed by atoms with Crippen molar-refractivity contribution in [3.8, 4) is 0 Å². The Morgan fingerprint density at radius 1 is 1.44 bits per heavy atom.